The highest BCUT2D eigenvalue weighted by Crippen LogP contribution is 2.06. The van der Waals surface area contributed by atoms with Gasteiger partial charge in [-0.05, 0) is 55.3 Å². The molecule has 19 heavy (non-hydrogen) atoms. The number of hydrogen-bond acceptors (Lipinski definition) is 3. The summed E-state index contributed by atoms with van der Waals surface area (Å²) in [6, 6.07) is 3.50. The molecule has 0 spiro atoms. The molecule has 0 aliphatic rings. The van der Waals surface area contributed by atoms with Crippen molar-refractivity contribution in [2.45, 2.75) is 39.3 Å². The number of ether oxygens (including phenoxy) is 1. The molecular formula is C13H19BrN2O3. The van der Waals surface area contributed by atoms with Gasteiger partial charge in [-0.2, -0.15) is 0 Å². The monoisotopic (exact) mass is 330 g/mol. The molecule has 1 amide bonds. The Balaban J connectivity index is 2.34. The van der Waals surface area contributed by atoms with Gasteiger partial charge in [-0.15, -0.1) is 0 Å². The minimum atomic E-state index is -0.495. The molecule has 1 N–H and O–H groups in total. The Kier molecular flexibility index (Phi) is 5.60. The van der Waals surface area contributed by atoms with E-state index >= 15 is 0 Å². The van der Waals surface area contributed by atoms with Crippen molar-refractivity contribution < 1.29 is 9.53 Å². The summed E-state index contributed by atoms with van der Waals surface area (Å²) in [5, 5.41) is 2.66. The Morgan fingerprint density at radius 3 is 2.79 bits per heavy atom. The van der Waals surface area contributed by atoms with Crippen molar-refractivity contribution in [3.05, 3.63) is 33.2 Å². The summed E-state index contributed by atoms with van der Waals surface area (Å²) in [7, 11) is 0. The summed E-state index contributed by atoms with van der Waals surface area (Å²) in [5.41, 5.74) is -0.564. The van der Waals surface area contributed by atoms with Crippen LogP contribution in [0.3, 0.4) is 0 Å². The van der Waals surface area contributed by atoms with E-state index < -0.39 is 11.7 Å². The lowest BCUT2D eigenvalue weighted by atomic mass is 10.2. The van der Waals surface area contributed by atoms with Crippen LogP contribution in [0.25, 0.3) is 0 Å². The molecule has 1 rings (SSSR count). The average Bonchev–Trinajstić information content (AvgIpc) is 2.27. The van der Waals surface area contributed by atoms with Gasteiger partial charge in [-0.25, -0.2) is 4.79 Å². The first-order valence-corrected chi connectivity index (χ1v) is 6.91. The van der Waals surface area contributed by atoms with E-state index in [2.05, 4.69) is 21.2 Å². The van der Waals surface area contributed by atoms with Gasteiger partial charge in [0, 0.05) is 19.3 Å². The number of rotatable bonds is 4. The van der Waals surface area contributed by atoms with Crippen molar-refractivity contribution in [2.24, 2.45) is 0 Å². The lowest BCUT2D eigenvalue weighted by molar-refractivity contribution is 0.0526. The minimum absolute atomic E-state index is 0.0697. The fraction of sp³-hybridized carbons (Fsp3) is 0.538. The molecule has 0 aromatic carbocycles. The second-order valence-electron chi connectivity index (χ2n) is 5.14. The SMILES string of the molecule is CC(C)(C)OC(=O)NCCCn1cccc(Br)c1=O. The van der Waals surface area contributed by atoms with Crippen molar-refractivity contribution in [3.63, 3.8) is 0 Å². The molecule has 5 nitrogen and oxygen atoms in total. The zero-order valence-electron chi connectivity index (χ0n) is 11.4. The van der Waals surface area contributed by atoms with Gasteiger partial charge in [-0.3, -0.25) is 4.79 Å². The van der Waals surface area contributed by atoms with E-state index in [1.165, 1.54) is 0 Å². The third kappa shape index (κ3) is 5.92. The maximum atomic E-state index is 11.7. The van der Waals surface area contributed by atoms with Crippen LogP contribution in [0.15, 0.2) is 27.6 Å². The van der Waals surface area contributed by atoms with Gasteiger partial charge in [-0.1, -0.05) is 0 Å². The Morgan fingerprint density at radius 1 is 1.47 bits per heavy atom. The molecule has 106 valence electrons. The van der Waals surface area contributed by atoms with Gasteiger partial charge in [0.05, 0.1) is 4.47 Å². The Bertz CT molecular complexity index is 491. The fourth-order valence-corrected chi connectivity index (χ4v) is 1.82. The molecule has 6 heteroatoms. The Hall–Kier alpha value is -1.30. The number of carbonyl (C=O) groups excluding carboxylic acids is 1. The number of pyridine rings is 1. The second-order valence-corrected chi connectivity index (χ2v) is 5.99. The second kappa shape index (κ2) is 6.75. The Morgan fingerprint density at radius 2 is 2.16 bits per heavy atom. The lowest BCUT2D eigenvalue weighted by Gasteiger charge is -2.19. The van der Waals surface area contributed by atoms with Crippen LogP contribution in [0.4, 0.5) is 4.79 Å². The number of amides is 1. The third-order valence-corrected chi connectivity index (χ3v) is 2.82. The van der Waals surface area contributed by atoms with Gasteiger partial charge in [0.2, 0.25) is 0 Å². The topological polar surface area (TPSA) is 60.3 Å². The smallest absolute Gasteiger partial charge is 0.407 e. The van der Waals surface area contributed by atoms with E-state index in [0.717, 1.165) is 0 Å². The first-order valence-electron chi connectivity index (χ1n) is 6.11. The van der Waals surface area contributed by atoms with Crippen LogP contribution < -0.4 is 10.9 Å². The van der Waals surface area contributed by atoms with Crippen LogP contribution >= 0.6 is 15.9 Å². The summed E-state index contributed by atoms with van der Waals surface area (Å²) in [4.78, 5) is 23.1. The number of carbonyl (C=O) groups is 1. The number of nitrogens with one attached hydrogen (secondary N) is 1. The van der Waals surface area contributed by atoms with Crippen molar-refractivity contribution in [3.8, 4) is 0 Å². The zero-order chi connectivity index (χ0) is 14.5. The molecule has 0 radical (unpaired) electrons. The standard InChI is InChI=1S/C13H19BrN2O3/c1-13(2,3)19-12(18)15-7-5-9-16-8-4-6-10(14)11(16)17/h4,6,8H,5,7,9H2,1-3H3,(H,15,18). The van der Waals surface area contributed by atoms with Crippen LogP contribution in [0, 0.1) is 0 Å². The van der Waals surface area contributed by atoms with Crippen LogP contribution in [0.5, 0.6) is 0 Å². The van der Waals surface area contributed by atoms with Gasteiger partial charge in [0.25, 0.3) is 5.56 Å². The summed E-state index contributed by atoms with van der Waals surface area (Å²) < 4.78 is 7.24. The first kappa shape index (κ1) is 15.8. The molecule has 0 saturated carbocycles. The number of aromatic nitrogens is 1. The summed E-state index contributed by atoms with van der Waals surface area (Å²) in [5.74, 6) is 0. The van der Waals surface area contributed by atoms with E-state index in [4.69, 9.17) is 4.74 Å². The minimum Gasteiger partial charge on any atom is -0.444 e. The highest BCUT2D eigenvalue weighted by Gasteiger charge is 2.15. The normalized spacial score (nSPS) is 11.2. The number of nitrogens with zero attached hydrogens (tertiary/aromatic N) is 1. The quantitative estimate of drug-likeness (QED) is 0.863. The van der Waals surface area contributed by atoms with Gasteiger partial charge < -0.3 is 14.6 Å². The molecule has 1 heterocycles. The van der Waals surface area contributed by atoms with Crippen molar-refractivity contribution in [1.82, 2.24) is 9.88 Å². The molecular weight excluding hydrogens is 312 g/mol. The summed E-state index contributed by atoms with van der Waals surface area (Å²) in [6.07, 6.45) is 1.95. The van der Waals surface area contributed by atoms with Crippen LogP contribution in [0.2, 0.25) is 0 Å². The van der Waals surface area contributed by atoms with Crippen LogP contribution in [0.1, 0.15) is 27.2 Å². The van der Waals surface area contributed by atoms with E-state index in [1.54, 1.807) is 22.9 Å². The highest BCUT2D eigenvalue weighted by molar-refractivity contribution is 9.10. The maximum Gasteiger partial charge on any atom is 0.407 e. The molecule has 1 aromatic heterocycles. The zero-order valence-corrected chi connectivity index (χ0v) is 13.0. The lowest BCUT2D eigenvalue weighted by Crippen LogP contribution is -2.33. The van der Waals surface area contributed by atoms with E-state index in [1.807, 2.05) is 20.8 Å². The number of aryl methyl sites for hydroxylation is 1. The number of alkyl carbamates (subject to hydrolysis) is 1. The number of halogens is 1. The predicted octanol–water partition coefficient (Wildman–Crippen LogP) is 2.53. The first-order chi connectivity index (χ1) is 8.79. The largest absolute Gasteiger partial charge is 0.444 e. The van der Waals surface area contributed by atoms with Gasteiger partial charge in [0.15, 0.2) is 0 Å². The van der Waals surface area contributed by atoms with Crippen molar-refractivity contribution in [1.29, 1.82) is 0 Å². The number of hydrogen-bond donors (Lipinski definition) is 1. The summed E-state index contributed by atoms with van der Waals surface area (Å²) >= 11 is 3.19. The van der Waals surface area contributed by atoms with Gasteiger partial charge in [0.1, 0.15) is 5.60 Å². The molecule has 0 aliphatic heterocycles. The van der Waals surface area contributed by atoms with Gasteiger partial charge >= 0.3 is 6.09 Å². The van der Waals surface area contributed by atoms with Crippen LogP contribution in [-0.2, 0) is 11.3 Å². The maximum absolute atomic E-state index is 11.7. The molecule has 0 aliphatic carbocycles. The van der Waals surface area contributed by atoms with E-state index in [9.17, 15) is 9.59 Å². The average molecular weight is 331 g/mol. The molecule has 0 bridgehead atoms. The highest BCUT2D eigenvalue weighted by atomic mass is 79.9. The van der Waals surface area contributed by atoms with Crippen molar-refractivity contribution in [2.75, 3.05) is 6.54 Å². The van der Waals surface area contributed by atoms with E-state index in [-0.39, 0.29) is 5.56 Å². The third-order valence-electron chi connectivity index (χ3n) is 2.22. The molecule has 0 fully saturated rings. The molecule has 0 atom stereocenters. The fourth-order valence-electron chi connectivity index (χ4n) is 1.44. The van der Waals surface area contributed by atoms with Crippen molar-refractivity contribution >= 4 is 22.0 Å². The molecule has 0 saturated heterocycles. The molecule has 0 unspecified atom stereocenters. The van der Waals surface area contributed by atoms with E-state index in [0.29, 0.717) is 24.0 Å². The Labute approximate surface area is 121 Å². The summed E-state index contributed by atoms with van der Waals surface area (Å²) in [6.45, 7) is 6.46. The predicted molar refractivity (Wildman–Crippen MR) is 77.3 cm³/mol. The molecule has 1 aromatic rings. The van der Waals surface area contributed by atoms with Crippen LogP contribution in [-0.4, -0.2) is 22.8 Å².